The van der Waals surface area contributed by atoms with E-state index in [9.17, 15) is 13.2 Å². The molecule has 0 saturated carbocycles. The van der Waals surface area contributed by atoms with Gasteiger partial charge in [-0.2, -0.15) is 0 Å². The van der Waals surface area contributed by atoms with Crippen molar-refractivity contribution in [2.45, 2.75) is 24.7 Å². The molecule has 1 aliphatic heterocycles. The van der Waals surface area contributed by atoms with E-state index < -0.39 is 10.0 Å². The number of carbonyl (C=O) groups is 1. The number of nitrogens with one attached hydrogen (secondary N) is 3. The van der Waals surface area contributed by atoms with Gasteiger partial charge in [0.25, 0.3) is 15.9 Å². The molecule has 144 valence electrons. The molecule has 27 heavy (non-hydrogen) atoms. The van der Waals surface area contributed by atoms with E-state index in [4.69, 9.17) is 0 Å². The maximum Gasteiger partial charge on any atom is 0.261 e. The number of piperidine rings is 1. The molecule has 1 aliphatic rings. The van der Waals surface area contributed by atoms with Crippen molar-refractivity contribution in [3.8, 4) is 0 Å². The normalized spacial score (nSPS) is 17.3. The highest BCUT2D eigenvalue weighted by Gasteiger charge is 2.18. The molecule has 1 saturated heterocycles. The molecule has 1 amide bonds. The number of hydrogen-bond acceptors (Lipinski definition) is 4. The summed E-state index contributed by atoms with van der Waals surface area (Å²) in [5, 5.41) is 6.23. The summed E-state index contributed by atoms with van der Waals surface area (Å²) in [5.74, 6) is 0.158. The zero-order valence-corrected chi connectivity index (χ0v) is 16.2. The van der Waals surface area contributed by atoms with Gasteiger partial charge in [0.2, 0.25) is 0 Å². The van der Waals surface area contributed by atoms with Crippen molar-refractivity contribution >= 4 is 21.6 Å². The summed E-state index contributed by atoms with van der Waals surface area (Å²) in [6, 6.07) is 13.2. The number of aryl methyl sites for hydroxylation is 1. The Labute approximate surface area is 160 Å². The van der Waals surface area contributed by atoms with Crippen LogP contribution in [0, 0.1) is 12.8 Å². The van der Waals surface area contributed by atoms with Crippen LogP contribution in [0.5, 0.6) is 0 Å². The molecule has 1 unspecified atom stereocenters. The minimum absolute atomic E-state index is 0.0657. The van der Waals surface area contributed by atoms with E-state index in [0.717, 1.165) is 31.5 Å². The Morgan fingerprint density at radius 1 is 1.19 bits per heavy atom. The van der Waals surface area contributed by atoms with Crippen LogP contribution in [0.4, 0.5) is 5.69 Å². The highest BCUT2D eigenvalue weighted by molar-refractivity contribution is 7.92. The van der Waals surface area contributed by atoms with Gasteiger partial charge < -0.3 is 10.6 Å². The van der Waals surface area contributed by atoms with Crippen molar-refractivity contribution in [2.75, 3.05) is 24.4 Å². The summed E-state index contributed by atoms with van der Waals surface area (Å²) < 4.78 is 27.8. The van der Waals surface area contributed by atoms with Gasteiger partial charge in [-0.25, -0.2) is 8.42 Å². The lowest BCUT2D eigenvalue weighted by Gasteiger charge is -2.22. The standard InChI is InChI=1S/C20H25N3O3S/c1-15-5-2-8-18(11-15)23-27(25,26)19-9-3-7-17(12-19)20(24)22-14-16-6-4-10-21-13-16/h2-3,5,7-9,11-12,16,21,23H,4,6,10,13-14H2,1H3,(H,22,24). The Kier molecular flexibility index (Phi) is 6.13. The molecule has 1 atom stereocenters. The first-order valence-electron chi connectivity index (χ1n) is 9.12. The van der Waals surface area contributed by atoms with Gasteiger partial charge in [-0.15, -0.1) is 0 Å². The zero-order chi connectivity index (χ0) is 19.3. The predicted octanol–water partition coefficient (Wildman–Crippen LogP) is 2.53. The maximum absolute atomic E-state index is 12.6. The average molecular weight is 388 g/mol. The van der Waals surface area contributed by atoms with Crippen molar-refractivity contribution in [3.63, 3.8) is 0 Å². The number of benzene rings is 2. The second-order valence-electron chi connectivity index (χ2n) is 6.93. The Morgan fingerprint density at radius 2 is 2.00 bits per heavy atom. The highest BCUT2D eigenvalue weighted by atomic mass is 32.2. The smallest absolute Gasteiger partial charge is 0.261 e. The van der Waals surface area contributed by atoms with Gasteiger partial charge in [0.05, 0.1) is 4.90 Å². The molecular formula is C20H25N3O3S. The number of amides is 1. The number of rotatable bonds is 6. The van der Waals surface area contributed by atoms with Crippen LogP contribution >= 0.6 is 0 Å². The fourth-order valence-corrected chi connectivity index (χ4v) is 4.26. The second-order valence-corrected chi connectivity index (χ2v) is 8.61. The third kappa shape index (κ3) is 5.30. The number of hydrogen-bond donors (Lipinski definition) is 3. The van der Waals surface area contributed by atoms with Gasteiger partial charge in [-0.05, 0) is 74.7 Å². The third-order valence-electron chi connectivity index (χ3n) is 4.63. The molecule has 3 N–H and O–H groups in total. The molecule has 3 rings (SSSR count). The van der Waals surface area contributed by atoms with Gasteiger partial charge in [0.15, 0.2) is 0 Å². The van der Waals surface area contributed by atoms with Crippen molar-refractivity contribution in [1.29, 1.82) is 0 Å². The monoisotopic (exact) mass is 387 g/mol. The van der Waals surface area contributed by atoms with E-state index in [-0.39, 0.29) is 10.8 Å². The summed E-state index contributed by atoms with van der Waals surface area (Å²) in [7, 11) is -3.76. The van der Waals surface area contributed by atoms with Crippen molar-refractivity contribution in [1.82, 2.24) is 10.6 Å². The molecule has 0 aliphatic carbocycles. The van der Waals surface area contributed by atoms with Crippen molar-refractivity contribution < 1.29 is 13.2 Å². The summed E-state index contributed by atoms with van der Waals surface area (Å²) >= 11 is 0. The molecular weight excluding hydrogens is 362 g/mol. The molecule has 0 spiro atoms. The van der Waals surface area contributed by atoms with Crippen LogP contribution < -0.4 is 15.4 Å². The molecule has 0 bridgehead atoms. The molecule has 1 fully saturated rings. The van der Waals surface area contributed by atoms with E-state index in [1.807, 2.05) is 13.0 Å². The molecule has 2 aromatic rings. The molecule has 7 heteroatoms. The van der Waals surface area contributed by atoms with Crippen LogP contribution in [0.1, 0.15) is 28.8 Å². The van der Waals surface area contributed by atoms with Gasteiger partial charge in [-0.1, -0.05) is 18.2 Å². The maximum atomic E-state index is 12.6. The van der Waals surface area contributed by atoms with Crippen LogP contribution in [0.2, 0.25) is 0 Å². The molecule has 6 nitrogen and oxygen atoms in total. The van der Waals surface area contributed by atoms with E-state index >= 15 is 0 Å². The first-order valence-corrected chi connectivity index (χ1v) is 10.6. The number of sulfonamides is 1. The van der Waals surface area contributed by atoms with Gasteiger partial charge in [0.1, 0.15) is 0 Å². The Balaban J connectivity index is 1.69. The molecule has 0 aromatic heterocycles. The van der Waals surface area contributed by atoms with Crippen LogP contribution in [0.3, 0.4) is 0 Å². The molecule has 1 heterocycles. The van der Waals surface area contributed by atoms with Crippen LogP contribution in [0.25, 0.3) is 0 Å². The van der Waals surface area contributed by atoms with E-state index in [2.05, 4.69) is 15.4 Å². The fourth-order valence-electron chi connectivity index (χ4n) is 3.16. The first-order chi connectivity index (χ1) is 12.9. The lowest BCUT2D eigenvalue weighted by atomic mass is 10.00. The van der Waals surface area contributed by atoms with Gasteiger partial charge >= 0.3 is 0 Å². The SMILES string of the molecule is Cc1cccc(NS(=O)(=O)c2cccc(C(=O)NCC3CCCNC3)c2)c1. The summed E-state index contributed by atoms with van der Waals surface area (Å²) in [6.45, 7) is 4.41. The Bertz CT molecular complexity index is 906. The van der Waals surface area contributed by atoms with Crippen molar-refractivity contribution in [2.24, 2.45) is 5.92 Å². The second kappa shape index (κ2) is 8.54. The average Bonchev–Trinajstić information content (AvgIpc) is 2.67. The number of carbonyl (C=O) groups excluding carboxylic acids is 1. The topological polar surface area (TPSA) is 87.3 Å². The summed E-state index contributed by atoms with van der Waals surface area (Å²) in [5.41, 5.74) is 1.79. The first kappa shape index (κ1) is 19.4. The quantitative estimate of drug-likeness (QED) is 0.711. The Morgan fingerprint density at radius 3 is 2.74 bits per heavy atom. The minimum Gasteiger partial charge on any atom is -0.352 e. The van der Waals surface area contributed by atoms with E-state index in [0.29, 0.717) is 23.7 Å². The predicted molar refractivity (Wildman–Crippen MR) is 106 cm³/mol. The van der Waals surface area contributed by atoms with Crippen LogP contribution in [-0.2, 0) is 10.0 Å². The van der Waals surface area contributed by atoms with Gasteiger partial charge in [-0.3, -0.25) is 9.52 Å². The lowest BCUT2D eigenvalue weighted by molar-refractivity contribution is 0.0944. The van der Waals surface area contributed by atoms with Crippen LogP contribution in [0.15, 0.2) is 53.4 Å². The Hall–Kier alpha value is -2.38. The lowest BCUT2D eigenvalue weighted by Crippen LogP contribution is -2.38. The van der Waals surface area contributed by atoms with E-state index in [1.54, 1.807) is 30.3 Å². The largest absolute Gasteiger partial charge is 0.352 e. The highest BCUT2D eigenvalue weighted by Crippen LogP contribution is 2.18. The zero-order valence-electron chi connectivity index (χ0n) is 15.4. The van der Waals surface area contributed by atoms with Crippen molar-refractivity contribution in [3.05, 3.63) is 59.7 Å². The molecule has 2 aromatic carbocycles. The summed E-state index contributed by atoms with van der Waals surface area (Å²) in [4.78, 5) is 12.5. The molecule has 0 radical (unpaired) electrons. The van der Waals surface area contributed by atoms with E-state index in [1.165, 1.54) is 12.1 Å². The summed E-state index contributed by atoms with van der Waals surface area (Å²) in [6.07, 6.45) is 2.20. The third-order valence-corrected chi connectivity index (χ3v) is 6.01. The number of anilines is 1. The van der Waals surface area contributed by atoms with Crippen LogP contribution in [-0.4, -0.2) is 34.0 Å². The minimum atomic E-state index is -3.76. The fraction of sp³-hybridized carbons (Fsp3) is 0.350. The van der Waals surface area contributed by atoms with Gasteiger partial charge in [0, 0.05) is 17.8 Å².